The van der Waals surface area contributed by atoms with Crippen LogP contribution in [0.15, 0.2) is 30.3 Å². The molecule has 0 aromatic heterocycles. The molecule has 2 atom stereocenters. The maximum Gasteiger partial charge on any atom is 0.244 e. The van der Waals surface area contributed by atoms with Crippen molar-refractivity contribution in [2.75, 3.05) is 27.2 Å². The predicted molar refractivity (Wildman–Crippen MR) is 92.6 cm³/mol. The summed E-state index contributed by atoms with van der Waals surface area (Å²) in [6.07, 6.45) is 0.831. The summed E-state index contributed by atoms with van der Waals surface area (Å²) in [6, 6.07) is 9.87. The zero-order chi connectivity index (χ0) is 16.7. The third-order valence-corrected chi connectivity index (χ3v) is 4.32. The Labute approximate surface area is 135 Å². The second-order valence-corrected chi connectivity index (χ2v) is 6.34. The first kappa shape index (κ1) is 18.7. The molecule has 1 amide bonds. The van der Waals surface area contributed by atoms with Gasteiger partial charge in [0.15, 0.2) is 0 Å². The maximum absolute atomic E-state index is 12.9. The first-order valence-electron chi connectivity index (χ1n) is 8.14. The molecular formula is C18H31N3O. The molecule has 0 aliphatic heterocycles. The fraction of sp³-hybridized carbons (Fsp3) is 0.611. The Morgan fingerprint density at radius 2 is 1.77 bits per heavy atom. The predicted octanol–water partition coefficient (Wildman–Crippen LogP) is 2.51. The molecule has 22 heavy (non-hydrogen) atoms. The number of benzene rings is 1. The quantitative estimate of drug-likeness (QED) is 0.803. The molecule has 2 unspecified atom stereocenters. The minimum Gasteiger partial charge on any atom is -0.344 e. The van der Waals surface area contributed by atoms with Crippen LogP contribution in [0.2, 0.25) is 0 Å². The average molecular weight is 305 g/mol. The molecule has 0 aliphatic rings. The van der Waals surface area contributed by atoms with Crippen molar-refractivity contribution in [1.82, 2.24) is 9.80 Å². The van der Waals surface area contributed by atoms with Crippen LogP contribution in [0.3, 0.4) is 0 Å². The van der Waals surface area contributed by atoms with E-state index >= 15 is 0 Å². The van der Waals surface area contributed by atoms with Crippen LogP contribution in [0.4, 0.5) is 0 Å². The van der Waals surface area contributed by atoms with Gasteiger partial charge in [-0.15, -0.1) is 0 Å². The van der Waals surface area contributed by atoms with E-state index < -0.39 is 0 Å². The standard InChI is InChI=1S/C18H31N3O/c1-6-20(4)17(15-10-8-7-9-11-15)18(22)21(5)13-12-16(19)14(2)3/h7-11,14,16-17H,6,12-13,19H2,1-5H3. The zero-order valence-electron chi connectivity index (χ0n) is 14.6. The number of rotatable bonds is 8. The van der Waals surface area contributed by atoms with E-state index in [4.69, 9.17) is 5.73 Å². The Morgan fingerprint density at radius 3 is 2.27 bits per heavy atom. The van der Waals surface area contributed by atoms with Crippen molar-refractivity contribution in [1.29, 1.82) is 0 Å². The van der Waals surface area contributed by atoms with Gasteiger partial charge in [0.1, 0.15) is 6.04 Å². The van der Waals surface area contributed by atoms with Crippen molar-refractivity contribution < 1.29 is 4.79 Å². The summed E-state index contributed by atoms with van der Waals surface area (Å²) in [5.74, 6) is 0.568. The summed E-state index contributed by atoms with van der Waals surface area (Å²) >= 11 is 0. The van der Waals surface area contributed by atoms with Crippen molar-refractivity contribution in [3.05, 3.63) is 35.9 Å². The molecule has 1 aromatic rings. The summed E-state index contributed by atoms with van der Waals surface area (Å²) in [4.78, 5) is 16.8. The fourth-order valence-electron chi connectivity index (χ4n) is 2.40. The lowest BCUT2D eigenvalue weighted by Gasteiger charge is -2.31. The third-order valence-electron chi connectivity index (χ3n) is 4.32. The smallest absolute Gasteiger partial charge is 0.244 e. The third kappa shape index (κ3) is 5.11. The summed E-state index contributed by atoms with van der Waals surface area (Å²) in [6.45, 7) is 7.82. The first-order chi connectivity index (χ1) is 10.4. The van der Waals surface area contributed by atoms with Crippen molar-refractivity contribution in [3.8, 4) is 0 Å². The zero-order valence-corrected chi connectivity index (χ0v) is 14.6. The molecule has 4 heteroatoms. The summed E-state index contributed by atoms with van der Waals surface area (Å²) in [5, 5.41) is 0. The largest absolute Gasteiger partial charge is 0.344 e. The van der Waals surface area contributed by atoms with Crippen molar-refractivity contribution >= 4 is 5.91 Å². The molecule has 0 radical (unpaired) electrons. The molecule has 0 fully saturated rings. The van der Waals surface area contributed by atoms with Gasteiger partial charge in [-0.25, -0.2) is 0 Å². The van der Waals surface area contributed by atoms with Gasteiger partial charge in [0.25, 0.3) is 0 Å². The van der Waals surface area contributed by atoms with E-state index in [0.29, 0.717) is 12.5 Å². The molecule has 0 saturated heterocycles. The lowest BCUT2D eigenvalue weighted by atomic mass is 10.0. The maximum atomic E-state index is 12.9. The van der Waals surface area contributed by atoms with Crippen molar-refractivity contribution in [3.63, 3.8) is 0 Å². The highest BCUT2D eigenvalue weighted by molar-refractivity contribution is 5.83. The molecule has 0 heterocycles. The highest BCUT2D eigenvalue weighted by Crippen LogP contribution is 2.21. The lowest BCUT2D eigenvalue weighted by molar-refractivity contribution is -0.135. The number of hydrogen-bond acceptors (Lipinski definition) is 3. The highest BCUT2D eigenvalue weighted by Gasteiger charge is 2.27. The summed E-state index contributed by atoms with van der Waals surface area (Å²) < 4.78 is 0. The lowest BCUT2D eigenvalue weighted by Crippen LogP contribution is -2.41. The van der Waals surface area contributed by atoms with Gasteiger partial charge < -0.3 is 10.6 Å². The van der Waals surface area contributed by atoms with E-state index in [1.165, 1.54) is 0 Å². The van der Waals surface area contributed by atoms with Crippen LogP contribution in [0, 0.1) is 5.92 Å². The molecule has 2 N–H and O–H groups in total. The van der Waals surface area contributed by atoms with Crippen LogP contribution < -0.4 is 5.73 Å². The normalized spacial score (nSPS) is 14.2. The second-order valence-electron chi connectivity index (χ2n) is 6.34. The minimum atomic E-state index is -0.230. The van der Waals surface area contributed by atoms with E-state index in [-0.39, 0.29) is 18.0 Å². The van der Waals surface area contributed by atoms with Crippen LogP contribution in [0.5, 0.6) is 0 Å². The van der Waals surface area contributed by atoms with Gasteiger partial charge in [-0.3, -0.25) is 9.69 Å². The summed E-state index contributed by atoms with van der Waals surface area (Å²) in [5.41, 5.74) is 7.13. The Morgan fingerprint density at radius 1 is 1.18 bits per heavy atom. The number of amides is 1. The summed E-state index contributed by atoms with van der Waals surface area (Å²) in [7, 11) is 3.86. The molecule has 0 spiro atoms. The van der Waals surface area contributed by atoms with Crippen LogP contribution >= 0.6 is 0 Å². The SMILES string of the molecule is CCN(C)C(C(=O)N(C)CCC(N)C(C)C)c1ccccc1. The van der Waals surface area contributed by atoms with Crippen LogP contribution in [0.1, 0.15) is 38.8 Å². The van der Waals surface area contributed by atoms with Crippen LogP contribution in [0.25, 0.3) is 0 Å². The van der Waals surface area contributed by atoms with Gasteiger partial charge in [0, 0.05) is 19.6 Å². The Kier molecular flexibility index (Phi) is 7.56. The number of nitrogens with zero attached hydrogens (tertiary/aromatic N) is 2. The molecule has 0 bridgehead atoms. The molecular weight excluding hydrogens is 274 g/mol. The number of carbonyl (C=O) groups excluding carboxylic acids is 1. The monoisotopic (exact) mass is 305 g/mol. The molecule has 0 saturated carbocycles. The van der Waals surface area contributed by atoms with E-state index in [2.05, 4.69) is 25.7 Å². The molecule has 0 aliphatic carbocycles. The van der Waals surface area contributed by atoms with E-state index in [9.17, 15) is 4.79 Å². The van der Waals surface area contributed by atoms with Crippen molar-refractivity contribution in [2.45, 2.75) is 39.3 Å². The number of nitrogens with two attached hydrogens (primary N) is 1. The first-order valence-corrected chi connectivity index (χ1v) is 8.14. The number of likely N-dealkylation sites (N-methyl/N-ethyl adjacent to an activating group) is 2. The van der Waals surface area contributed by atoms with Gasteiger partial charge in [0.05, 0.1) is 0 Å². The van der Waals surface area contributed by atoms with E-state index in [1.807, 2.05) is 49.3 Å². The molecule has 124 valence electrons. The van der Waals surface area contributed by atoms with Crippen molar-refractivity contribution in [2.24, 2.45) is 11.7 Å². The average Bonchev–Trinajstić information content (AvgIpc) is 2.52. The molecule has 1 aromatic carbocycles. The minimum absolute atomic E-state index is 0.131. The van der Waals surface area contributed by atoms with Crippen LogP contribution in [-0.2, 0) is 4.79 Å². The topological polar surface area (TPSA) is 49.6 Å². The van der Waals surface area contributed by atoms with Gasteiger partial charge >= 0.3 is 0 Å². The van der Waals surface area contributed by atoms with Gasteiger partial charge in [-0.2, -0.15) is 0 Å². The van der Waals surface area contributed by atoms with E-state index in [1.54, 1.807) is 0 Å². The van der Waals surface area contributed by atoms with Gasteiger partial charge in [-0.05, 0) is 31.5 Å². The Bertz CT molecular complexity index is 447. The van der Waals surface area contributed by atoms with Gasteiger partial charge in [0.2, 0.25) is 5.91 Å². The van der Waals surface area contributed by atoms with E-state index in [0.717, 1.165) is 18.5 Å². The Hall–Kier alpha value is -1.39. The number of hydrogen-bond donors (Lipinski definition) is 1. The molecule has 1 rings (SSSR count). The highest BCUT2D eigenvalue weighted by atomic mass is 16.2. The fourth-order valence-corrected chi connectivity index (χ4v) is 2.40. The van der Waals surface area contributed by atoms with Crippen LogP contribution in [-0.4, -0.2) is 48.9 Å². The number of carbonyl (C=O) groups is 1. The molecule has 4 nitrogen and oxygen atoms in total. The van der Waals surface area contributed by atoms with Gasteiger partial charge in [-0.1, -0.05) is 51.1 Å². The Balaban J connectivity index is 2.80. The second kappa shape index (κ2) is 8.91.